The van der Waals surface area contributed by atoms with Crippen LogP contribution in [0.25, 0.3) is 11.3 Å². The van der Waals surface area contributed by atoms with Gasteiger partial charge in [0.1, 0.15) is 11.3 Å². The molecule has 0 atom stereocenters. The molecule has 0 aliphatic rings. The monoisotopic (exact) mass is 434 g/mol. The Hall–Kier alpha value is -3.64. The maximum Gasteiger partial charge on any atom is 0.339 e. The standard InChI is InChI=1S/C17H11FN4O5S2/c18-11-5-8(1-4-13(11)22(26)27)12-7-29-17(20-12)21-16(28)19-9-2-3-10(15(24)25)14(23)6-9/h1-7,23H,(H,24,25)(H2,19,20,21,28). The van der Waals surface area contributed by atoms with Crippen molar-refractivity contribution >= 4 is 51.1 Å². The molecule has 0 bridgehead atoms. The molecule has 29 heavy (non-hydrogen) atoms. The number of benzene rings is 2. The van der Waals surface area contributed by atoms with E-state index < -0.39 is 28.1 Å². The number of hydrogen-bond donors (Lipinski definition) is 4. The number of carboxylic acid groups (broad SMARTS) is 1. The number of nitrogens with zero attached hydrogens (tertiary/aromatic N) is 2. The Bertz CT molecular complexity index is 1130. The van der Waals surface area contributed by atoms with Crippen LogP contribution in [0.1, 0.15) is 10.4 Å². The van der Waals surface area contributed by atoms with Gasteiger partial charge < -0.3 is 20.8 Å². The number of carbonyl (C=O) groups is 1. The fraction of sp³-hybridized carbons (Fsp3) is 0. The van der Waals surface area contributed by atoms with Gasteiger partial charge in [0.2, 0.25) is 5.82 Å². The van der Waals surface area contributed by atoms with Gasteiger partial charge in [-0.2, -0.15) is 4.39 Å². The number of aromatic carboxylic acids is 1. The summed E-state index contributed by atoms with van der Waals surface area (Å²) < 4.78 is 13.8. The zero-order valence-electron chi connectivity index (χ0n) is 14.2. The Morgan fingerprint density at radius 3 is 2.62 bits per heavy atom. The minimum Gasteiger partial charge on any atom is -0.507 e. The lowest BCUT2D eigenvalue weighted by atomic mass is 10.1. The highest BCUT2D eigenvalue weighted by Crippen LogP contribution is 2.28. The number of nitrogens with one attached hydrogen (secondary N) is 2. The second-order valence-corrected chi connectivity index (χ2v) is 6.84. The normalized spacial score (nSPS) is 10.4. The van der Waals surface area contributed by atoms with E-state index in [2.05, 4.69) is 15.6 Å². The largest absolute Gasteiger partial charge is 0.507 e. The topological polar surface area (TPSA) is 138 Å². The molecule has 0 spiro atoms. The van der Waals surface area contributed by atoms with E-state index in [9.17, 15) is 24.4 Å². The number of aromatic nitrogens is 1. The maximum atomic E-state index is 13.8. The second kappa shape index (κ2) is 8.16. The number of rotatable bonds is 5. The fourth-order valence-corrected chi connectivity index (χ4v) is 3.33. The second-order valence-electron chi connectivity index (χ2n) is 5.58. The lowest BCUT2D eigenvalue weighted by Crippen LogP contribution is -2.19. The molecule has 0 fully saturated rings. The number of thiazole rings is 1. The molecule has 0 radical (unpaired) electrons. The number of anilines is 2. The van der Waals surface area contributed by atoms with Gasteiger partial charge in [-0.3, -0.25) is 10.1 Å². The van der Waals surface area contributed by atoms with E-state index >= 15 is 0 Å². The molecule has 9 nitrogen and oxygen atoms in total. The predicted molar refractivity (Wildman–Crippen MR) is 109 cm³/mol. The minimum atomic E-state index is -1.26. The molecule has 0 unspecified atom stereocenters. The fourth-order valence-electron chi connectivity index (χ4n) is 2.33. The summed E-state index contributed by atoms with van der Waals surface area (Å²) in [5, 5.41) is 37.0. The SMILES string of the molecule is O=C(O)c1ccc(NC(=S)Nc2nc(-c3ccc([N+](=O)[O-])c(F)c3)cs2)cc1O. The van der Waals surface area contributed by atoms with Gasteiger partial charge in [-0.15, -0.1) is 11.3 Å². The van der Waals surface area contributed by atoms with Crippen molar-refractivity contribution in [2.75, 3.05) is 10.6 Å². The lowest BCUT2D eigenvalue weighted by molar-refractivity contribution is -0.387. The van der Waals surface area contributed by atoms with E-state index in [0.717, 1.165) is 12.1 Å². The highest BCUT2D eigenvalue weighted by atomic mass is 32.1. The molecule has 1 aromatic heterocycles. The maximum absolute atomic E-state index is 13.8. The first kappa shape index (κ1) is 20.1. The molecule has 148 valence electrons. The summed E-state index contributed by atoms with van der Waals surface area (Å²) in [6, 6.07) is 7.36. The van der Waals surface area contributed by atoms with E-state index in [1.54, 1.807) is 5.38 Å². The van der Waals surface area contributed by atoms with Crippen LogP contribution in [0.3, 0.4) is 0 Å². The third kappa shape index (κ3) is 4.62. The first-order valence-corrected chi connectivity index (χ1v) is 9.07. The predicted octanol–water partition coefficient (Wildman–Crippen LogP) is 4.07. The van der Waals surface area contributed by atoms with Gasteiger partial charge in [-0.25, -0.2) is 9.78 Å². The summed E-state index contributed by atoms with van der Waals surface area (Å²) in [5.74, 6) is -2.63. The number of thiocarbonyl (C=S) groups is 1. The highest BCUT2D eigenvalue weighted by molar-refractivity contribution is 7.80. The number of carboxylic acids is 1. The summed E-state index contributed by atoms with van der Waals surface area (Å²) in [4.78, 5) is 25.0. The van der Waals surface area contributed by atoms with Crippen LogP contribution in [-0.2, 0) is 0 Å². The van der Waals surface area contributed by atoms with Crippen LogP contribution in [-0.4, -0.2) is 31.2 Å². The van der Waals surface area contributed by atoms with Crippen LogP contribution in [0.15, 0.2) is 41.8 Å². The zero-order valence-corrected chi connectivity index (χ0v) is 15.9. The van der Waals surface area contributed by atoms with Gasteiger partial charge in [0, 0.05) is 28.8 Å². The highest BCUT2D eigenvalue weighted by Gasteiger charge is 2.16. The van der Waals surface area contributed by atoms with E-state index in [-0.39, 0.29) is 10.7 Å². The molecule has 2 aromatic carbocycles. The average molecular weight is 434 g/mol. The molecule has 4 N–H and O–H groups in total. The number of nitro benzene ring substituents is 1. The van der Waals surface area contributed by atoms with Crippen LogP contribution in [0.5, 0.6) is 5.75 Å². The van der Waals surface area contributed by atoms with Gasteiger partial charge in [-0.1, -0.05) is 0 Å². The van der Waals surface area contributed by atoms with E-state index in [0.29, 0.717) is 22.1 Å². The van der Waals surface area contributed by atoms with E-state index in [1.807, 2.05) is 0 Å². The van der Waals surface area contributed by atoms with Gasteiger partial charge >= 0.3 is 11.7 Å². The molecule has 12 heteroatoms. The smallest absolute Gasteiger partial charge is 0.339 e. The summed E-state index contributed by atoms with van der Waals surface area (Å²) in [6.07, 6.45) is 0. The Labute approximate surface area is 171 Å². The molecule has 0 aliphatic heterocycles. The van der Waals surface area contributed by atoms with Crippen LogP contribution < -0.4 is 10.6 Å². The lowest BCUT2D eigenvalue weighted by Gasteiger charge is -2.09. The zero-order chi connectivity index (χ0) is 21.1. The quantitative estimate of drug-likeness (QED) is 0.266. The van der Waals surface area contributed by atoms with Crippen molar-refractivity contribution in [2.24, 2.45) is 0 Å². The summed E-state index contributed by atoms with van der Waals surface area (Å²) in [7, 11) is 0. The van der Waals surface area contributed by atoms with E-state index in [4.69, 9.17) is 17.3 Å². The van der Waals surface area contributed by atoms with Crippen molar-refractivity contribution in [2.45, 2.75) is 0 Å². The Balaban J connectivity index is 1.69. The third-order valence-electron chi connectivity index (χ3n) is 3.65. The summed E-state index contributed by atoms with van der Waals surface area (Å²) >= 11 is 6.33. The molecule has 0 saturated heterocycles. The van der Waals surface area contributed by atoms with Crippen molar-refractivity contribution in [3.63, 3.8) is 0 Å². The van der Waals surface area contributed by atoms with Crippen LogP contribution >= 0.6 is 23.6 Å². The van der Waals surface area contributed by atoms with Crippen molar-refractivity contribution in [3.05, 3.63) is 63.3 Å². The first-order chi connectivity index (χ1) is 13.7. The Morgan fingerprint density at radius 2 is 2.00 bits per heavy atom. The van der Waals surface area contributed by atoms with Gasteiger partial charge in [-0.05, 0) is 36.5 Å². The first-order valence-electron chi connectivity index (χ1n) is 7.78. The van der Waals surface area contributed by atoms with Crippen molar-refractivity contribution in [1.82, 2.24) is 4.98 Å². The number of phenols is 1. The molecule has 3 aromatic rings. The number of halogens is 1. The Morgan fingerprint density at radius 1 is 1.24 bits per heavy atom. The molecular weight excluding hydrogens is 423 g/mol. The van der Waals surface area contributed by atoms with Gasteiger partial charge in [0.15, 0.2) is 10.2 Å². The molecule has 0 saturated carbocycles. The molecule has 0 aliphatic carbocycles. The molecule has 3 rings (SSSR count). The summed E-state index contributed by atoms with van der Waals surface area (Å²) in [6.45, 7) is 0. The number of aromatic hydroxyl groups is 1. The third-order valence-corrected chi connectivity index (χ3v) is 4.61. The van der Waals surface area contributed by atoms with E-state index in [1.165, 1.54) is 35.6 Å². The van der Waals surface area contributed by atoms with Crippen LogP contribution in [0.4, 0.5) is 20.9 Å². The molecule has 1 heterocycles. The minimum absolute atomic E-state index is 0.128. The number of nitro groups is 1. The summed E-state index contributed by atoms with van der Waals surface area (Å²) in [5.41, 5.74) is 0.265. The van der Waals surface area contributed by atoms with Gasteiger partial charge in [0.25, 0.3) is 0 Å². The van der Waals surface area contributed by atoms with Crippen LogP contribution in [0.2, 0.25) is 0 Å². The number of hydrogen-bond acceptors (Lipinski definition) is 7. The Kier molecular flexibility index (Phi) is 5.66. The molecule has 0 amide bonds. The van der Waals surface area contributed by atoms with Crippen molar-refractivity contribution in [3.8, 4) is 17.0 Å². The van der Waals surface area contributed by atoms with Crippen LogP contribution in [0, 0.1) is 15.9 Å². The van der Waals surface area contributed by atoms with Crippen molar-refractivity contribution < 1.29 is 24.3 Å². The van der Waals surface area contributed by atoms with Gasteiger partial charge in [0.05, 0.1) is 10.6 Å². The molecular formula is C17H11FN4O5S2. The average Bonchev–Trinajstić information content (AvgIpc) is 3.09. The van der Waals surface area contributed by atoms with Crippen molar-refractivity contribution in [1.29, 1.82) is 0 Å².